The highest BCUT2D eigenvalue weighted by molar-refractivity contribution is 5.36. The number of halogens is 3. The predicted molar refractivity (Wildman–Crippen MR) is 72.1 cm³/mol. The lowest BCUT2D eigenvalue weighted by molar-refractivity contribution is -0.274. The van der Waals surface area contributed by atoms with Crippen molar-refractivity contribution in [3.63, 3.8) is 0 Å². The summed E-state index contributed by atoms with van der Waals surface area (Å²) in [5, 5.41) is 11.5. The van der Waals surface area contributed by atoms with Gasteiger partial charge in [0.15, 0.2) is 5.69 Å². The number of rotatable bonds is 5. The number of nitrogens with one attached hydrogen (secondary N) is 1. The number of ether oxygens (including phenoxy) is 1. The van der Waals surface area contributed by atoms with Crippen molar-refractivity contribution in [3.8, 4) is 11.8 Å². The zero-order valence-electron chi connectivity index (χ0n) is 11.3. The maximum absolute atomic E-state index is 12.3. The molecule has 1 heterocycles. The standard InChI is InChI=1S/C14H11F3N4O/c15-14(16,17)22-12-4-2-1-3-10(12)5-6-19-13-9-20-11(7-18)8-21-13/h1-4,8-9H,5-6H2,(H,19,21). The molecular formula is C14H11F3N4O. The first-order chi connectivity index (χ1) is 10.5. The van der Waals surface area contributed by atoms with Gasteiger partial charge < -0.3 is 10.1 Å². The summed E-state index contributed by atoms with van der Waals surface area (Å²) in [5.41, 5.74) is 0.614. The summed E-state index contributed by atoms with van der Waals surface area (Å²) in [6, 6.07) is 7.79. The monoisotopic (exact) mass is 308 g/mol. The van der Waals surface area contributed by atoms with E-state index in [1.165, 1.54) is 24.5 Å². The average molecular weight is 308 g/mol. The van der Waals surface area contributed by atoms with Crippen molar-refractivity contribution in [1.29, 1.82) is 5.26 Å². The van der Waals surface area contributed by atoms with E-state index in [1.807, 2.05) is 6.07 Å². The van der Waals surface area contributed by atoms with Gasteiger partial charge in [0, 0.05) is 6.54 Å². The summed E-state index contributed by atoms with van der Waals surface area (Å²) < 4.78 is 40.9. The third kappa shape index (κ3) is 4.63. The Kier molecular flexibility index (Phi) is 4.78. The van der Waals surface area contributed by atoms with Gasteiger partial charge in [-0.1, -0.05) is 18.2 Å². The van der Waals surface area contributed by atoms with Gasteiger partial charge in [0.25, 0.3) is 0 Å². The van der Waals surface area contributed by atoms with Crippen LogP contribution in [0.3, 0.4) is 0 Å². The molecule has 1 aromatic carbocycles. The Bertz CT molecular complexity index is 665. The fraction of sp³-hybridized carbons (Fsp3) is 0.214. The number of anilines is 1. The van der Waals surface area contributed by atoms with Gasteiger partial charge in [-0.15, -0.1) is 13.2 Å². The van der Waals surface area contributed by atoms with Crippen molar-refractivity contribution in [3.05, 3.63) is 47.9 Å². The summed E-state index contributed by atoms with van der Waals surface area (Å²) in [4.78, 5) is 7.78. The lowest BCUT2D eigenvalue weighted by atomic mass is 10.1. The Morgan fingerprint density at radius 2 is 1.95 bits per heavy atom. The molecule has 1 aromatic heterocycles. The number of benzene rings is 1. The minimum atomic E-state index is -4.72. The van der Waals surface area contributed by atoms with E-state index in [9.17, 15) is 13.2 Å². The van der Waals surface area contributed by atoms with Crippen molar-refractivity contribution < 1.29 is 17.9 Å². The first-order valence-electron chi connectivity index (χ1n) is 6.27. The Balaban J connectivity index is 1.95. The molecule has 2 rings (SSSR count). The van der Waals surface area contributed by atoms with E-state index in [4.69, 9.17) is 5.26 Å². The highest BCUT2D eigenvalue weighted by Gasteiger charge is 2.31. The Hall–Kier alpha value is -2.82. The normalized spacial score (nSPS) is 10.8. The summed E-state index contributed by atoms with van der Waals surface area (Å²) in [6.07, 6.45) is -1.71. The van der Waals surface area contributed by atoms with Crippen molar-refractivity contribution in [2.75, 3.05) is 11.9 Å². The van der Waals surface area contributed by atoms with Gasteiger partial charge in [-0.25, -0.2) is 9.97 Å². The van der Waals surface area contributed by atoms with Crippen LogP contribution in [0.5, 0.6) is 5.75 Å². The Morgan fingerprint density at radius 3 is 2.59 bits per heavy atom. The molecule has 114 valence electrons. The van der Waals surface area contributed by atoms with Gasteiger partial charge >= 0.3 is 6.36 Å². The largest absolute Gasteiger partial charge is 0.573 e. The van der Waals surface area contributed by atoms with E-state index >= 15 is 0 Å². The quantitative estimate of drug-likeness (QED) is 0.919. The minimum Gasteiger partial charge on any atom is -0.406 e. The second kappa shape index (κ2) is 6.76. The second-order valence-corrected chi connectivity index (χ2v) is 4.23. The van der Waals surface area contributed by atoms with Crippen LogP contribution in [0.4, 0.5) is 19.0 Å². The van der Waals surface area contributed by atoms with Gasteiger partial charge in [0.05, 0.1) is 12.4 Å². The molecule has 8 heteroatoms. The van der Waals surface area contributed by atoms with Crippen LogP contribution in [-0.4, -0.2) is 22.9 Å². The number of hydrogen-bond donors (Lipinski definition) is 1. The molecule has 0 atom stereocenters. The molecule has 0 amide bonds. The molecule has 22 heavy (non-hydrogen) atoms. The molecule has 0 spiro atoms. The Labute approximate surface area is 124 Å². The molecule has 0 radical (unpaired) electrons. The number of para-hydroxylation sites is 1. The first-order valence-corrected chi connectivity index (χ1v) is 6.27. The topological polar surface area (TPSA) is 70.8 Å². The fourth-order valence-corrected chi connectivity index (χ4v) is 1.74. The second-order valence-electron chi connectivity index (χ2n) is 4.23. The number of alkyl halides is 3. The number of aromatic nitrogens is 2. The van der Waals surface area contributed by atoms with Gasteiger partial charge in [-0.2, -0.15) is 5.26 Å². The van der Waals surface area contributed by atoms with E-state index in [0.29, 0.717) is 24.3 Å². The number of nitrogens with zero attached hydrogens (tertiary/aromatic N) is 3. The zero-order chi connectivity index (χ0) is 16.0. The molecule has 0 aliphatic heterocycles. The van der Waals surface area contributed by atoms with Gasteiger partial charge in [0.1, 0.15) is 17.6 Å². The van der Waals surface area contributed by atoms with Crippen LogP contribution >= 0.6 is 0 Å². The van der Waals surface area contributed by atoms with Gasteiger partial charge in [-0.3, -0.25) is 0 Å². The molecule has 5 nitrogen and oxygen atoms in total. The molecule has 0 unspecified atom stereocenters. The van der Waals surface area contributed by atoms with Gasteiger partial charge in [-0.05, 0) is 18.1 Å². The zero-order valence-corrected chi connectivity index (χ0v) is 11.3. The van der Waals surface area contributed by atoms with E-state index in [2.05, 4.69) is 20.0 Å². The summed E-state index contributed by atoms with van der Waals surface area (Å²) in [6.45, 7) is 0.346. The Morgan fingerprint density at radius 1 is 1.18 bits per heavy atom. The SMILES string of the molecule is N#Cc1cnc(NCCc2ccccc2OC(F)(F)F)cn1. The van der Waals surface area contributed by atoms with E-state index in [-0.39, 0.29) is 11.4 Å². The van der Waals surface area contributed by atoms with Crippen LogP contribution in [0.2, 0.25) is 0 Å². The van der Waals surface area contributed by atoms with Crippen molar-refractivity contribution in [2.45, 2.75) is 12.8 Å². The average Bonchev–Trinajstić information content (AvgIpc) is 2.48. The van der Waals surface area contributed by atoms with Crippen LogP contribution in [0, 0.1) is 11.3 Å². The molecule has 0 aliphatic rings. The minimum absolute atomic E-state index is 0.189. The van der Waals surface area contributed by atoms with Crippen LogP contribution in [0.25, 0.3) is 0 Å². The van der Waals surface area contributed by atoms with Crippen LogP contribution in [0.15, 0.2) is 36.7 Å². The van der Waals surface area contributed by atoms with Crippen molar-refractivity contribution in [1.82, 2.24) is 9.97 Å². The molecule has 2 aromatic rings. The molecule has 0 saturated carbocycles. The highest BCUT2D eigenvalue weighted by atomic mass is 19.4. The summed E-state index contributed by atoms with van der Waals surface area (Å²) in [7, 11) is 0. The third-order valence-electron chi connectivity index (χ3n) is 2.67. The number of hydrogen-bond acceptors (Lipinski definition) is 5. The van der Waals surface area contributed by atoms with E-state index in [1.54, 1.807) is 12.1 Å². The lowest BCUT2D eigenvalue weighted by Gasteiger charge is -2.13. The molecule has 0 bridgehead atoms. The number of nitriles is 1. The van der Waals surface area contributed by atoms with E-state index in [0.717, 1.165) is 0 Å². The predicted octanol–water partition coefficient (Wildman–Crippen LogP) is 2.90. The molecule has 0 aliphatic carbocycles. The van der Waals surface area contributed by atoms with Crippen LogP contribution in [0.1, 0.15) is 11.3 Å². The maximum atomic E-state index is 12.3. The van der Waals surface area contributed by atoms with E-state index < -0.39 is 6.36 Å². The van der Waals surface area contributed by atoms with Crippen molar-refractivity contribution >= 4 is 5.82 Å². The third-order valence-corrected chi connectivity index (χ3v) is 2.67. The molecule has 0 saturated heterocycles. The molecule has 1 N–H and O–H groups in total. The summed E-state index contributed by atoms with van der Waals surface area (Å²) >= 11 is 0. The fourth-order valence-electron chi connectivity index (χ4n) is 1.74. The highest BCUT2D eigenvalue weighted by Crippen LogP contribution is 2.26. The van der Waals surface area contributed by atoms with Crippen LogP contribution in [-0.2, 0) is 6.42 Å². The van der Waals surface area contributed by atoms with Gasteiger partial charge in [0.2, 0.25) is 0 Å². The molecule has 0 fully saturated rings. The first kappa shape index (κ1) is 15.6. The smallest absolute Gasteiger partial charge is 0.406 e. The van der Waals surface area contributed by atoms with Crippen LogP contribution < -0.4 is 10.1 Å². The summed E-state index contributed by atoms with van der Waals surface area (Å²) in [5.74, 6) is 0.218. The maximum Gasteiger partial charge on any atom is 0.573 e. The van der Waals surface area contributed by atoms with Crippen molar-refractivity contribution in [2.24, 2.45) is 0 Å². The molecular weight excluding hydrogens is 297 g/mol. The lowest BCUT2D eigenvalue weighted by Crippen LogP contribution is -2.18.